The van der Waals surface area contributed by atoms with Gasteiger partial charge < -0.3 is 15.9 Å². The summed E-state index contributed by atoms with van der Waals surface area (Å²) in [6.45, 7) is 0.0883. The third-order valence-corrected chi connectivity index (χ3v) is 1.79. The second-order valence-corrected chi connectivity index (χ2v) is 2.89. The Bertz CT molecular complexity index is 354. The molecule has 1 amide bonds. The van der Waals surface area contributed by atoms with Crippen molar-refractivity contribution < 1.29 is 15.0 Å². The molecule has 0 aliphatic carbocycles. The van der Waals surface area contributed by atoms with E-state index in [4.69, 9.17) is 10.8 Å². The first-order chi connectivity index (χ1) is 7.15. The molecule has 1 rings (SSSR count). The summed E-state index contributed by atoms with van der Waals surface area (Å²) < 4.78 is 0. The van der Waals surface area contributed by atoms with Gasteiger partial charge in [-0.25, -0.2) is 5.43 Å². The summed E-state index contributed by atoms with van der Waals surface area (Å²) >= 11 is 0. The van der Waals surface area contributed by atoms with Crippen LogP contribution in [0.1, 0.15) is 5.56 Å². The predicted octanol–water partition coefficient (Wildman–Crippen LogP) is -0.823. The molecule has 0 aliphatic heterocycles. The third kappa shape index (κ3) is 3.12. The van der Waals surface area contributed by atoms with Crippen LogP contribution in [-0.4, -0.2) is 22.7 Å². The first-order valence-electron chi connectivity index (χ1n) is 4.36. The lowest BCUT2D eigenvalue weighted by atomic mass is 10.2. The first kappa shape index (κ1) is 11.3. The number of hydrogen-bond acceptors (Lipinski definition) is 5. The van der Waals surface area contributed by atoms with E-state index >= 15 is 0 Å². The summed E-state index contributed by atoms with van der Waals surface area (Å²) in [4.78, 5) is 10.7. The fraction of sp³-hybridized carbons (Fsp3) is 0.222. The van der Waals surface area contributed by atoms with Gasteiger partial charge in [0.1, 0.15) is 0 Å². The van der Waals surface area contributed by atoms with Gasteiger partial charge in [-0.15, -0.1) is 0 Å². The van der Waals surface area contributed by atoms with E-state index in [1.165, 1.54) is 6.07 Å². The Hall–Kier alpha value is -1.79. The average molecular weight is 211 g/mol. The highest BCUT2D eigenvalue weighted by atomic mass is 16.3. The van der Waals surface area contributed by atoms with Gasteiger partial charge in [-0.1, -0.05) is 12.1 Å². The SMILES string of the molecule is NCC(=O)NNCc1cccc(O)c1O. The molecule has 1 aromatic rings. The molecule has 0 saturated heterocycles. The maximum absolute atomic E-state index is 10.7. The van der Waals surface area contributed by atoms with Crippen LogP contribution in [-0.2, 0) is 11.3 Å². The van der Waals surface area contributed by atoms with Crippen LogP contribution in [0, 0.1) is 0 Å². The van der Waals surface area contributed by atoms with Crippen molar-refractivity contribution in [3.63, 3.8) is 0 Å². The van der Waals surface area contributed by atoms with Crippen molar-refractivity contribution in [2.45, 2.75) is 6.54 Å². The average Bonchev–Trinajstić information content (AvgIpc) is 2.24. The lowest BCUT2D eigenvalue weighted by molar-refractivity contribution is -0.120. The smallest absolute Gasteiger partial charge is 0.247 e. The molecule has 6 nitrogen and oxygen atoms in total. The quantitative estimate of drug-likeness (QED) is 0.330. The second-order valence-electron chi connectivity index (χ2n) is 2.89. The molecular weight excluding hydrogens is 198 g/mol. The van der Waals surface area contributed by atoms with Crippen LogP contribution in [0.4, 0.5) is 0 Å². The highest BCUT2D eigenvalue weighted by Crippen LogP contribution is 2.27. The molecule has 0 unspecified atom stereocenters. The summed E-state index contributed by atoms with van der Waals surface area (Å²) in [6, 6.07) is 4.59. The fourth-order valence-electron chi connectivity index (χ4n) is 1.01. The van der Waals surface area contributed by atoms with Crippen LogP contribution in [0.25, 0.3) is 0 Å². The van der Waals surface area contributed by atoms with Crippen LogP contribution in [0.5, 0.6) is 11.5 Å². The Morgan fingerprint density at radius 3 is 2.80 bits per heavy atom. The Morgan fingerprint density at radius 2 is 2.13 bits per heavy atom. The highest BCUT2D eigenvalue weighted by molar-refractivity contribution is 5.77. The fourth-order valence-corrected chi connectivity index (χ4v) is 1.01. The lowest BCUT2D eigenvalue weighted by Gasteiger charge is -2.08. The molecule has 0 fully saturated rings. The number of phenolic OH excluding ortho intramolecular Hbond substituents is 2. The van der Waals surface area contributed by atoms with Crippen molar-refractivity contribution in [3.05, 3.63) is 23.8 Å². The molecule has 0 saturated carbocycles. The summed E-state index contributed by atoms with van der Waals surface area (Å²) in [5.74, 6) is -0.749. The normalized spacial score (nSPS) is 9.93. The van der Waals surface area contributed by atoms with E-state index in [-0.39, 0.29) is 30.5 Å². The number of hydrazine groups is 1. The molecule has 0 aliphatic rings. The van der Waals surface area contributed by atoms with E-state index < -0.39 is 0 Å². The number of hydrogen-bond donors (Lipinski definition) is 5. The van der Waals surface area contributed by atoms with Crippen molar-refractivity contribution in [2.75, 3.05) is 6.54 Å². The summed E-state index contributed by atoms with van der Waals surface area (Å²) in [5, 5.41) is 18.6. The van der Waals surface area contributed by atoms with Crippen LogP contribution in [0.2, 0.25) is 0 Å². The molecule has 0 spiro atoms. The van der Waals surface area contributed by atoms with Crippen molar-refractivity contribution in [2.24, 2.45) is 5.73 Å². The molecule has 0 atom stereocenters. The van der Waals surface area contributed by atoms with Gasteiger partial charge in [-0.3, -0.25) is 10.2 Å². The zero-order valence-electron chi connectivity index (χ0n) is 8.03. The third-order valence-electron chi connectivity index (χ3n) is 1.79. The van der Waals surface area contributed by atoms with Gasteiger partial charge in [0.2, 0.25) is 5.91 Å². The number of aromatic hydroxyl groups is 2. The van der Waals surface area contributed by atoms with Gasteiger partial charge in [-0.2, -0.15) is 0 Å². The number of para-hydroxylation sites is 1. The molecule has 6 heteroatoms. The maximum Gasteiger partial charge on any atom is 0.247 e. The molecular formula is C9H13N3O3. The Kier molecular flexibility index (Phi) is 3.90. The van der Waals surface area contributed by atoms with Crippen molar-refractivity contribution in [1.29, 1.82) is 0 Å². The summed E-state index contributed by atoms with van der Waals surface area (Å²) in [5.41, 5.74) is 10.4. The van der Waals surface area contributed by atoms with Gasteiger partial charge in [-0.05, 0) is 6.07 Å². The lowest BCUT2D eigenvalue weighted by Crippen LogP contribution is -2.40. The molecule has 82 valence electrons. The van der Waals surface area contributed by atoms with Crippen LogP contribution < -0.4 is 16.6 Å². The molecule has 1 aromatic carbocycles. The van der Waals surface area contributed by atoms with Gasteiger partial charge >= 0.3 is 0 Å². The minimum Gasteiger partial charge on any atom is -0.504 e. The van der Waals surface area contributed by atoms with Gasteiger partial charge in [0.25, 0.3) is 0 Å². The molecule has 6 N–H and O–H groups in total. The minimum absolute atomic E-state index is 0.112. The molecule has 0 radical (unpaired) electrons. The van der Waals surface area contributed by atoms with E-state index in [1.54, 1.807) is 12.1 Å². The number of benzene rings is 1. The number of carbonyl (C=O) groups is 1. The van der Waals surface area contributed by atoms with E-state index in [1.807, 2.05) is 0 Å². The molecule has 0 bridgehead atoms. The number of nitrogens with two attached hydrogens (primary N) is 1. The highest BCUT2D eigenvalue weighted by Gasteiger charge is 2.05. The number of phenols is 2. The first-order valence-corrected chi connectivity index (χ1v) is 4.36. The van der Waals surface area contributed by atoms with E-state index in [2.05, 4.69) is 10.9 Å². The summed E-state index contributed by atoms with van der Waals surface area (Å²) in [7, 11) is 0. The van der Waals surface area contributed by atoms with Crippen molar-refractivity contribution in [1.82, 2.24) is 10.9 Å². The maximum atomic E-state index is 10.7. The minimum atomic E-state index is -0.352. The van der Waals surface area contributed by atoms with E-state index in [0.29, 0.717) is 5.56 Å². The largest absolute Gasteiger partial charge is 0.504 e. The standard InChI is InChI=1S/C9H13N3O3/c10-4-8(14)12-11-5-6-2-1-3-7(13)9(6)15/h1-3,11,13,15H,4-5,10H2,(H,12,14). The molecule has 15 heavy (non-hydrogen) atoms. The zero-order valence-corrected chi connectivity index (χ0v) is 8.03. The molecule has 0 aromatic heterocycles. The topological polar surface area (TPSA) is 108 Å². The number of nitrogens with one attached hydrogen (secondary N) is 2. The van der Waals surface area contributed by atoms with Crippen LogP contribution in [0.3, 0.4) is 0 Å². The Balaban J connectivity index is 2.51. The Labute approximate surface area is 86.7 Å². The monoisotopic (exact) mass is 211 g/mol. The Morgan fingerprint density at radius 1 is 1.40 bits per heavy atom. The molecule has 0 heterocycles. The van der Waals surface area contributed by atoms with Gasteiger partial charge in [0.15, 0.2) is 11.5 Å². The van der Waals surface area contributed by atoms with Gasteiger partial charge in [0.05, 0.1) is 6.54 Å². The van der Waals surface area contributed by atoms with E-state index in [9.17, 15) is 9.90 Å². The number of amides is 1. The van der Waals surface area contributed by atoms with E-state index in [0.717, 1.165) is 0 Å². The zero-order chi connectivity index (χ0) is 11.3. The second kappa shape index (κ2) is 5.18. The van der Waals surface area contributed by atoms with Crippen molar-refractivity contribution >= 4 is 5.91 Å². The predicted molar refractivity (Wildman–Crippen MR) is 53.8 cm³/mol. The number of carbonyl (C=O) groups excluding carboxylic acids is 1. The van der Waals surface area contributed by atoms with Crippen LogP contribution in [0.15, 0.2) is 18.2 Å². The van der Waals surface area contributed by atoms with Crippen LogP contribution >= 0.6 is 0 Å². The number of rotatable bonds is 4. The summed E-state index contributed by atoms with van der Waals surface area (Å²) in [6.07, 6.45) is 0. The van der Waals surface area contributed by atoms with Gasteiger partial charge in [0, 0.05) is 12.1 Å². The van der Waals surface area contributed by atoms with Crippen molar-refractivity contribution in [3.8, 4) is 11.5 Å².